The van der Waals surface area contributed by atoms with Crippen molar-refractivity contribution in [3.05, 3.63) is 34.3 Å². The molecule has 0 aliphatic heterocycles. The highest BCUT2D eigenvalue weighted by Gasteiger charge is 2.08. The Balaban J connectivity index is 1.98. The first-order valence-electron chi connectivity index (χ1n) is 8.75. The van der Waals surface area contributed by atoms with E-state index in [0.717, 1.165) is 10.9 Å². The smallest absolute Gasteiger partial charge is 0.0306 e. The zero-order valence-corrected chi connectivity index (χ0v) is 15.2. The van der Waals surface area contributed by atoms with Gasteiger partial charge in [0.25, 0.3) is 0 Å². The summed E-state index contributed by atoms with van der Waals surface area (Å²) < 4.78 is 1.14. The van der Waals surface area contributed by atoms with Crippen LogP contribution in [-0.2, 0) is 0 Å². The minimum atomic E-state index is 0.176. The van der Waals surface area contributed by atoms with E-state index < -0.39 is 0 Å². The SMILES string of the molecule is CCCCCCCCCCCCC(N)c1ccccc1Br. The van der Waals surface area contributed by atoms with Crippen LogP contribution in [-0.4, -0.2) is 0 Å². The molecule has 0 heterocycles. The molecule has 0 amide bonds. The molecule has 2 N–H and O–H groups in total. The number of hydrogen-bond acceptors (Lipinski definition) is 1. The third kappa shape index (κ3) is 8.63. The molecular formula is C19H32BrN. The summed E-state index contributed by atoms with van der Waals surface area (Å²) in [6, 6.07) is 8.49. The van der Waals surface area contributed by atoms with Crippen LogP contribution in [0.4, 0.5) is 0 Å². The fourth-order valence-corrected chi connectivity index (χ4v) is 3.36. The van der Waals surface area contributed by atoms with Crippen LogP contribution in [0.3, 0.4) is 0 Å². The zero-order chi connectivity index (χ0) is 15.3. The van der Waals surface area contributed by atoms with E-state index in [1.165, 1.54) is 69.8 Å². The molecule has 0 aliphatic rings. The van der Waals surface area contributed by atoms with Gasteiger partial charge in [-0.2, -0.15) is 0 Å². The lowest BCUT2D eigenvalue weighted by atomic mass is 10.00. The van der Waals surface area contributed by atoms with E-state index in [0.29, 0.717) is 0 Å². The van der Waals surface area contributed by atoms with E-state index in [4.69, 9.17) is 5.73 Å². The van der Waals surface area contributed by atoms with Crippen LogP contribution in [0.5, 0.6) is 0 Å². The van der Waals surface area contributed by atoms with Crippen molar-refractivity contribution in [3.63, 3.8) is 0 Å². The molecule has 21 heavy (non-hydrogen) atoms. The first-order chi connectivity index (χ1) is 10.3. The third-order valence-electron chi connectivity index (χ3n) is 4.17. The molecule has 1 unspecified atom stereocenters. The lowest BCUT2D eigenvalue weighted by Crippen LogP contribution is -2.10. The van der Waals surface area contributed by atoms with Gasteiger partial charge in [-0.1, -0.05) is 105 Å². The first-order valence-corrected chi connectivity index (χ1v) is 9.55. The van der Waals surface area contributed by atoms with Gasteiger partial charge in [0.1, 0.15) is 0 Å². The fourth-order valence-electron chi connectivity index (χ4n) is 2.78. The van der Waals surface area contributed by atoms with Crippen LogP contribution in [0, 0.1) is 0 Å². The monoisotopic (exact) mass is 353 g/mol. The summed E-state index contributed by atoms with van der Waals surface area (Å²) in [6.45, 7) is 2.28. The maximum Gasteiger partial charge on any atom is 0.0306 e. The highest BCUT2D eigenvalue weighted by Crippen LogP contribution is 2.25. The van der Waals surface area contributed by atoms with Crippen molar-refractivity contribution in [2.24, 2.45) is 5.73 Å². The van der Waals surface area contributed by atoms with E-state index in [1.54, 1.807) is 0 Å². The Morgan fingerprint density at radius 2 is 1.38 bits per heavy atom. The molecule has 0 aliphatic carbocycles. The Morgan fingerprint density at radius 1 is 0.857 bits per heavy atom. The minimum absolute atomic E-state index is 0.176. The second-order valence-electron chi connectivity index (χ2n) is 6.10. The van der Waals surface area contributed by atoms with E-state index >= 15 is 0 Å². The summed E-state index contributed by atoms with van der Waals surface area (Å²) in [5, 5.41) is 0. The van der Waals surface area contributed by atoms with Crippen molar-refractivity contribution < 1.29 is 0 Å². The van der Waals surface area contributed by atoms with Crippen molar-refractivity contribution in [1.29, 1.82) is 0 Å². The van der Waals surface area contributed by atoms with Crippen molar-refractivity contribution in [3.8, 4) is 0 Å². The fraction of sp³-hybridized carbons (Fsp3) is 0.684. The predicted molar refractivity (Wildman–Crippen MR) is 97.5 cm³/mol. The summed E-state index contributed by atoms with van der Waals surface area (Å²) in [6.07, 6.45) is 14.9. The number of rotatable bonds is 12. The second-order valence-corrected chi connectivity index (χ2v) is 6.95. The number of benzene rings is 1. The van der Waals surface area contributed by atoms with Crippen LogP contribution in [0.15, 0.2) is 28.7 Å². The van der Waals surface area contributed by atoms with Gasteiger partial charge in [0, 0.05) is 10.5 Å². The maximum atomic E-state index is 6.27. The number of halogens is 1. The van der Waals surface area contributed by atoms with Gasteiger partial charge in [-0.05, 0) is 18.1 Å². The van der Waals surface area contributed by atoms with Gasteiger partial charge in [-0.15, -0.1) is 0 Å². The molecule has 0 spiro atoms. The lowest BCUT2D eigenvalue weighted by Gasteiger charge is -2.13. The van der Waals surface area contributed by atoms with Crippen LogP contribution < -0.4 is 5.73 Å². The predicted octanol–water partition coefficient (Wildman–Crippen LogP) is 6.76. The average molecular weight is 354 g/mol. The van der Waals surface area contributed by atoms with E-state index in [9.17, 15) is 0 Å². The molecule has 1 atom stereocenters. The lowest BCUT2D eigenvalue weighted by molar-refractivity contribution is 0.528. The zero-order valence-electron chi connectivity index (χ0n) is 13.6. The quantitative estimate of drug-likeness (QED) is 0.412. The molecule has 120 valence electrons. The van der Waals surface area contributed by atoms with Crippen molar-refractivity contribution in [2.75, 3.05) is 0 Å². The number of unbranched alkanes of at least 4 members (excludes halogenated alkanes) is 9. The summed E-state index contributed by atoms with van der Waals surface area (Å²) in [7, 11) is 0. The molecular weight excluding hydrogens is 322 g/mol. The molecule has 0 radical (unpaired) electrons. The Kier molecular flexibility index (Phi) is 10.9. The van der Waals surface area contributed by atoms with Crippen molar-refractivity contribution in [1.82, 2.24) is 0 Å². The molecule has 0 fully saturated rings. The number of nitrogens with two attached hydrogens (primary N) is 1. The highest BCUT2D eigenvalue weighted by molar-refractivity contribution is 9.10. The largest absolute Gasteiger partial charge is 0.324 e. The topological polar surface area (TPSA) is 26.0 Å². The summed E-state index contributed by atoms with van der Waals surface area (Å²) in [5.74, 6) is 0. The molecule has 1 nitrogen and oxygen atoms in total. The Morgan fingerprint density at radius 3 is 1.95 bits per heavy atom. The molecule has 0 aromatic heterocycles. The Hall–Kier alpha value is -0.340. The van der Waals surface area contributed by atoms with E-state index in [2.05, 4.69) is 41.1 Å². The van der Waals surface area contributed by atoms with Gasteiger partial charge in [0.05, 0.1) is 0 Å². The molecule has 2 heteroatoms. The normalized spacial score (nSPS) is 12.5. The molecule has 1 aromatic rings. The van der Waals surface area contributed by atoms with E-state index in [1.807, 2.05) is 6.07 Å². The van der Waals surface area contributed by atoms with Crippen molar-refractivity contribution >= 4 is 15.9 Å². The minimum Gasteiger partial charge on any atom is -0.324 e. The average Bonchev–Trinajstić information content (AvgIpc) is 2.49. The number of hydrogen-bond donors (Lipinski definition) is 1. The van der Waals surface area contributed by atoms with Gasteiger partial charge in [0.15, 0.2) is 0 Å². The van der Waals surface area contributed by atoms with Crippen LogP contribution in [0.1, 0.15) is 89.2 Å². The van der Waals surface area contributed by atoms with Gasteiger partial charge >= 0.3 is 0 Å². The van der Waals surface area contributed by atoms with Crippen LogP contribution >= 0.6 is 15.9 Å². The van der Waals surface area contributed by atoms with Crippen LogP contribution in [0.2, 0.25) is 0 Å². The van der Waals surface area contributed by atoms with Gasteiger partial charge in [0.2, 0.25) is 0 Å². The second kappa shape index (κ2) is 12.2. The molecule has 0 saturated carbocycles. The van der Waals surface area contributed by atoms with E-state index in [-0.39, 0.29) is 6.04 Å². The van der Waals surface area contributed by atoms with Crippen molar-refractivity contribution in [2.45, 2.75) is 83.6 Å². The van der Waals surface area contributed by atoms with Crippen LogP contribution in [0.25, 0.3) is 0 Å². The maximum absolute atomic E-state index is 6.27. The highest BCUT2D eigenvalue weighted by atomic mass is 79.9. The molecule has 0 saturated heterocycles. The summed E-state index contributed by atoms with van der Waals surface area (Å²) >= 11 is 3.59. The molecule has 1 aromatic carbocycles. The van der Waals surface area contributed by atoms with Gasteiger partial charge in [-0.25, -0.2) is 0 Å². The standard InChI is InChI=1S/C19H32BrN/c1-2-3-4-5-6-7-8-9-10-11-16-19(21)17-14-12-13-15-18(17)20/h12-15,19H,2-11,16,21H2,1H3. The molecule has 0 bridgehead atoms. The van der Waals surface area contributed by atoms with Gasteiger partial charge < -0.3 is 5.73 Å². The van der Waals surface area contributed by atoms with Gasteiger partial charge in [-0.3, -0.25) is 0 Å². The Bertz CT molecular complexity index is 364. The first kappa shape index (κ1) is 18.7. The Labute approximate surface area is 139 Å². The summed E-state index contributed by atoms with van der Waals surface area (Å²) in [4.78, 5) is 0. The third-order valence-corrected chi connectivity index (χ3v) is 4.90. The summed E-state index contributed by atoms with van der Waals surface area (Å²) in [5.41, 5.74) is 7.52. The molecule has 1 rings (SSSR count).